The maximum Gasteiger partial charge on any atom is 0.155 e. The van der Waals surface area contributed by atoms with E-state index in [-0.39, 0.29) is 0 Å². The van der Waals surface area contributed by atoms with Gasteiger partial charge in [-0.25, -0.2) is 0 Å². The summed E-state index contributed by atoms with van der Waals surface area (Å²) < 4.78 is 0. The summed E-state index contributed by atoms with van der Waals surface area (Å²) in [6.45, 7) is 1.81. The largest absolute Gasteiger partial charge is 0.155 e. The van der Waals surface area contributed by atoms with Gasteiger partial charge in [0, 0.05) is 6.07 Å². The lowest BCUT2D eigenvalue weighted by molar-refractivity contribution is 0.839. The van der Waals surface area contributed by atoms with E-state index < -0.39 is 0 Å². The summed E-state index contributed by atoms with van der Waals surface area (Å²) in [6.07, 6.45) is 0. The molecule has 0 aromatic carbocycles. The number of hydrogen-bond donors (Lipinski definition) is 0. The van der Waals surface area contributed by atoms with Crippen LogP contribution in [0.4, 0.5) is 0 Å². The number of aryl methyl sites for hydroxylation is 1. The Labute approximate surface area is 51.7 Å². The first-order chi connectivity index (χ1) is 3.79. The van der Waals surface area contributed by atoms with Crippen LogP contribution in [0, 0.1) is 6.92 Å². The van der Waals surface area contributed by atoms with Gasteiger partial charge in [0.2, 0.25) is 0 Å². The summed E-state index contributed by atoms with van der Waals surface area (Å²) in [5.41, 5.74) is 0.782. The van der Waals surface area contributed by atoms with Crippen molar-refractivity contribution in [3.63, 3.8) is 0 Å². The van der Waals surface area contributed by atoms with E-state index in [9.17, 15) is 0 Å². The van der Waals surface area contributed by atoms with Crippen molar-refractivity contribution in [1.82, 2.24) is 15.4 Å². The van der Waals surface area contributed by atoms with Crippen molar-refractivity contribution in [1.29, 1.82) is 0 Å². The Hall–Kier alpha value is -0.700. The van der Waals surface area contributed by atoms with Crippen molar-refractivity contribution in [2.45, 2.75) is 6.92 Å². The number of hydrogen-bond acceptors (Lipinski definition) is 3. The summed E-state index contributed by atoms with van der Waals surface area (Å²) in [5, 5.41) is 10.8. The third-order valence-electron chi connectivity index (χ3n) is 0.671. The van der Waals surface area contributed by atoms with Gasteiger partial charge < -0.3 is 0 Å². The first-order valence-electron chi connectivity index (χ1n) is 2.11. The molecule has 1 rings (SSSR count). The second-order valence-corrected chi connectivity index (χ2v) is 1.79. The van der Waals surface area contributed by atoms with Crippen molar-refractivity contribution >= 4 is 11.6 Å². The van der Waals surface area contributed by atoms with Gasteiger partial charge in [-0.15, -0.1) is 10.2 Å². The molecule has 0 fully saturated rings. The van der Waals surface area contributed by atoms with Crippen LogP contribution in [0.5, 0.6) is 0 Å². The van der Waals surface area contributed by atoms with Gasteiger partial charge in [0.05, 0.1) is 5.69 Å². The molecule has 0 unspecified atom stereocenters. The molecule has 1 aromatic rings. The zero-order valence-corrected chi connectivity index (χ0v) is 5.05. The molecule has 8 heavy (non-hydrogen) atoms. The predicted molar refractivity (Wildman–Crippen MR) is 29.6 cm³/mol. The number of halogens is 1. The SMILES string of the molecule is Cc1cc(Cl)nnn1. The average Bonchev–Trinajstić information content (AvgIpc) is 1.64. The van der Waals surface area contributed by atoms with E-state index in [0.717, 1.165) is 5.69 Å². The summed E-state index contributed by atoms with van der Waals surface area (Å²) in [6, 6.07) is 1.65. The Kier molecular flexibility index (Phi) is 1.39. The first kappa shape index (κ1) is 5.44. The Bertz CT molecular complexity index is 171. The van der Waals surface area contributed by atoms with Crippen molar-refractivity contribution in [2.24, 2.45) is 0 Å². The summed E-state index contributed by atoms with van der Waals surface area (Å²) >= 11 is 5.43. The molecule has 0 aliphatic heterocycles. The smallest absolute Gasteiger partial charge is 0.135 e. The van der Waals surface area contributed by atoms with Gasteiger partial charge in [0.15, 0.2) is 5.15 Å². The molecular formula is C4H4ClN3. The molecule has 0 N–H and O–H groups in total. The number of rotatable bonds is 0. The van der Waals surface area contributed by atoms with Crippen molar-refractivity contribution in [3.8, 4) is 0 Å². The van der Waals surface area contributed by atoms with Crippen molar-refractivity contribution in [2.75, 3.05) is 0 Å². The molecule has 1 aromatic heterocycles. The van der Waals surface area contributed by atoms with Crippen LogP contribution in [0.3, 0.4) is 0 Å². The fraction of sp³-hybridized carbons (Fsp3) is 0.250. The summed E-state index contributed by atoms with van der Waals surface area (Å²) in [4.78, 5) is 0. The molecule has 0 spiro atoms. The lowest BCUT2D eigenvalue weighted by Crippen LogP contribution is -1.88. The first-order valence-corrected chi connectivity index (χ1v) is 2.49. The zero-order chi connectivity index (χ0) is 5.98. The molecular weight excluding hydrogens is 126 g/mol. The van der Waals surface area contributed by atoms with Gasteiger partial charge in [0.25, 0.3) is 0 Å². The van der Waals surface area contributed by atoms with Crippen LogP contribution >= 0.6 is 11.6 Å². The van der Waals surface area contributed by atoms with E-state index in [2.05, 4.69) is 15.4 Å². The molecule has 3 nitrogen and oxygen atoms in total. The van der Waals surface area contributed by atoms with E-state index in [1.165, 1.54) is 0 Å². The second kappa shape index (κ2) is 2.05. The van der Waals surface area contributed by atoms with Crippen molar-refractivity contribution < 1.29 is 0 Å². The lowest BCUT2D eigenvalue weighted by atomic mass is 10.5. The average molecular weight is 130 g/mol. The minimum absolute atomic E-state index is 0.387. The Morgan fingerprint density at radius 1 is 1.50 bits per heavy atom. The van der Waals surface area contributed by atoms with Crippen molar-refractivity contribution in [3.05, 3.63) is 16.9 Å². The highest BCUT2D eigenvalue weighted by Crippen LogP contribution is 1.99. The maximum absolute atomic E-state index is 5.43. The van der Waals surface area contributed by atoms with E-state index in [0.29, 0.717) is 5.15 Å². The molecule has 0 aliphatic carbocycles. The van der Waals surface area contributed by atoms with Gasteiger partial charge in [-0.05, 0) is 12.1 Å². The quantitative estimate of drug-likeness (QED) is 0.521. The van der Waals surface area contributed by atoms with Crippen LogP contribution in [-0.2, 0) is 0 Å². The van der Waals surface area contributed by atoms with Crippen LogP contribution in [0.25, 0.3) is 0 Å². The van der Waals surface area contributed by atoms with Gasteiger partial charge in [-0.1, -0.05) is 11.6 Å². The highest BCUT2D eigenvalue weighted by molar-refractivity contribution is 6.29. The fourth-order valence-corrected chi connectivity index (χ4v) is 0.557. The van der Waals surface area contributed by atoms with Crippen LogP contribution in [0.15, 0.2) is 6.07 Å². The second-order valence-electron chi connectivity index (χ2n) is 1.40. The molecule has 0 atom stereocenters. The van der Waals surface area contributed by atoms with Gasteiger partial charge in [-0.3, -0.25) is 0 Å². The third-order valence-corrected chi connectivity index (χ3v) is 0.855. The fourth-order valence-electron chi connectivity index (χ4n) is 0.366. The third kappa shape index (κ3) is 1.13. The zero-order valence-electron chi connectivity index (χ0n) is 4.30. The van der Waals surface area contributed by atoms with E-state index in [1.54, 1.807) is 13.0 Å². The minimum Gasteiger partial charge on any atom is -0.135 e. The number of nitrogens with zero attached hydrogens (tertiary/aromatic N) is 3. The molecule has 0 saturated carbocycles. The monoisotopic (exact) mass is 129 g/mol. The topological polar surface area (TPSA) is 38.7 Å². The molecule has 42 valence electrons. The van der Waals surface area contributed by atoms with Crippen LogP contribution in [-0.4, -0.2) is 15.4 Å². The van der Waals surface area contributed by atoms with E-state index in [1.807, 2.05) is 0 Å². The summed E-state index contributed by atoms with van der Waals surface area (Å²) in [7, 11) is 0. The van der Waals surface area contributed by atoms with Crippen LogP contribution in [0.1, 0.15) is 5.69 Å². The van der Waals surface area contributed by atoms with Gasteiger partial charge in [0.1, 0.15) is 0 Å². The van der Waals surface area contributed by atoms with Crippen LogP contribution < -0.4 is 0 Å². The summed E-state index contributed by atoms with van der Waals surface area (Å²) in [5.74, 6) is 0. The molecule has 4 heteroatoms. The van der Waals surface area contributed by atoms with Gasteiger partial charge >= 0.3 is 0 Å². The minimum atomic E-state index is 0.387. The van der Waals surface area contributed by atoms with E-state index >= 15 is 0 Å². The normalized spacial score (nSPS) is 9.25. The molecule has 1 heterocycles. The Morgan fingerprint density at radius 2 is 2.25 bits per heavy atom. The highest BCUT2D eigenvalue weighted by atomic mass is 35.5. The molecule has 0 bridgehead atoms. The molecule has 0 aliphatic rings. The Morgan fingerprint density at radius 3 is 2.62 bits per heavy atom. The molecule has 0 radical (unpaired) electrons. The van der Waals surface area contributed by atoms with Gasteiger partial charge in [-0.2, -0.15) is 0 Å². The highest BCUT2D eigenvalue weighted by Gasteiger charge is 1.87. The standard InChI is InChI=1S/C4H4ClN3/c1-3-2-4(5)7-8-6-3/h2H,1H3. The lowest BCUT2D eigenvalue weighted by Gasteiger charge is -1.85. The van der Waals surface area contributed by atoms with E-state index in [4.69, 9.17) is 11.6 Å². The maximum atomic E-state index is 5.43. The Balaban J connectivity index is 3.08. The molecule has 0 amide bonds. The molecule has 0 saturated heterocycles. The predicted octanol–water partition coefficient (Wildman–Crippen LogP) is 0.833. The number of aromatic nitrogens is 3. The van der Waals surface area contributed by atoms with Crippen LogP contribution in [0.2, 0.25) is 5.15 Å².